The van der Waals surface area contributed by atoms with E-state index in [0.717, 1.165) is 5.56 Å². The minimum absolute atomic E-state index is 0.0878. The van der Waals surface area contributed by atoms with Crippen molar-refractivity contribution in [1.82, 2.24) is 25.9 Å². The maximum Gasteiger partial charge on any atom is 0.246 e. The van der Waals surface area contributed by atoms with Gasteiger partial charge in [-0.2, -0.15) is 4.98 Å². The Morgan fingerprint density at radius 3 is 2.74 bits per heavy atom. The largest absolute Gasteiger partial charge is 0.337 e. The number of hydrogen-bond donors (Lipinski definition) is 3. The Bertz CT molecular complexity index is 674. The fourth-order valence-electron chi connectivity index (χ4n) is 2.79. The van der Waals surface area contributed by atoms with Crippen LogP contribution in [0.3, 0.4) is 0 Å². The molecule has 1 saturated heterocycles. The summed E-state index contributed by atoms with van der Waals surface area (Å²) in [5, 5.41) is 3.73. The van der Waals surface area contributed by atoms with E-state index >= 15 is 0 Å². The molecule has 1 aromatic heterocycles. The number of nitrogens with zero attached hydrogens (tertiary/aromatic N) is 3. The Morgan fingerprint density at radius 1 is 1.35 bits per heavy atom. The van der Waals surface area contributed by atoms with Gasteiger partial charge in [0.05, 0.1) is 12.7 Å². The highest BCUT2D eigenvalue weighted by molar-refractivity contribution is 5.83. The maximum absolute atomic E-state index is 12.8. The highest BCUT2D eigenvalue weighted by atomic mass is 16.5. The normalized spacial score (nSPS) is 23.9. The molecule has 3 rings (SSSR count). The molecule has 3 unspecified atom stereocenters. The fraction of sp³-hybridized carbons (Fsp3) is 0.400. The van der Waals surface area contributed by atoms with E-state index in [-0.39, 0.29) is 24.5 Å². The fourth-order valence-corrected chi connectivity index (χ4v) is 2.79. The standard InChI is InChI=1S/C15H20N6O2/c1-9-17-11(23-20-9)8-21(2)15(22)13-12(14(16)19-18-13)10-6-4-3-5-7-10/h3-7,12-14,18-19H,8,16H2,1-2H3. The van der Waals surface area contributed by atoms with Crippen LogP contribution in [0, 0.1) is 6.92 Å². The Balaban J connectivity index is 1.75. The second-order valence-electron chi connectivity index (χ2n) is 5.66. The van der Waals surface area contributed by atoms with Crippen LogP contribution >= 0.6 is 0 Å². The Morgan fingerprint density at radius 2 is 2.09 bits per heavy atom. The second kappa shape index (κ2) is 6.45. The van der Waals surface area contributed by atoms with Crippen molar-refractivity contribution in [3.05, 3.63) is 47.6 Å². The number of nitrogens with one attached hydrogen (secondary N) is 2. The summed E-state index contributed by atoms with van der Waals surface area (Å²) in [6.07, 6.45) is -0.342. The van der Waals surface area contributed by atoms with Gasteiger partial charge in [0, 0.05) is 13.0 Å². The van der Waals surface area contributed by atoms with Crippen LogP contribution in [-0.4, -0.2) is 40.2 Å². The van der Waals surface area contributed by atoms with Crippen LogP contribution < -0.4 is 16.6 Å². The zero-order chi connectivity index (χ0) is 16.4. The van der Waals surface area contributed by atoms with E-state index in [1.54, 1.807) is 18.9 Å². The van der Waals surface area contributed by atoms with Crippen LogP contribution in [0.5, 0.6) is 0 Å². The first-order valence-corrected chi connectivity index (χ1v) is 7.42. The van der Waals surface area contributed by atoms with E-state index in [0.29, 0.717) is 11.7 Å². The zero-order valence-corrected chi connectivity index (χ0v) is 13.1. The lowest BCUT2D eigenvalue weighted by Gasteiger charge is -2.24. The molecule has 0 spiro atoms. The molecule has 0 aliphatic carbocycles. The number of amides is 1. The van der Waals surface area contributed by atoms with Crippen molar-refractivity contribution < 1.29 is 9.32 Å². The van der Waals surface area contributed by atoms with Crippen LogP contribution in [0.25, 0.3) is 0 Å². The number of nitrogens with two attached hydrogens (primary N) is 1. The SMILES string of the molecule is Cc1noc(CN(C)C(=O)C2NNC(N)C2c2ccccc2)n1. The molecule has 0 radical (unpaired) electrons. The molecule has 2 heterocycles. The highest BCUT2D eigenvalue weighted by Crippen LogP contribution is 2.26. The summed E-state index contributed by atoms with van der Waals surface area (Å²) >= 11 is 0. The molecule has 0 bridgehead atoms. The second-order valence-corrected chi connectivity index (χ2v) is 5.66. The average molecular weight is 316 g/mol. The first kappa shape index (κ1) is 15.6. The summed E-state index contributed by atoms with van der Waals surface area (Å²) in [6, 6.07) is 9.30. The molecule has 122 valence electrons. The van der Waals surface area contributed by atoms with Gasteiger partial charge in [0.15, 0.2) is 5.82 Å². The van der Waals surface area contributed by atoms with Crippen molar-refractivity contribution in [2.24, 2.45) is 5.73 Å². The van der Waals surface area contributed by atoms with Crippen molar-refractivity contribution in [3.8, 4) is 0 Å². The minimum atomic E-state index is -0.457. The molecule has 1 aromatic carbocycles. The third kappa shape index (κ3) is 3.24. The third-order valence-electron chi connectivity index (χ3n) is 3.92. The molecule has 0 saturated carbocycles. The molecular weight excluding hydrogens is 296 g/mol. The number of aryl methyl sites for hydroxylation is 1. The van der Waals surface area contributed by atoms with Gasteiger partial charge in [-0.3, -0.25) is 4.79 Å². The third-order valence-corrected chi connectivity index (χ3v) is 3.92. The van der Waals surface area contributed by atoms with E-state index in [1.807, 2.05) is 30.3 Å². The molecule has 1 aliphatic heterocycles. The van der Waals surface area contributed by atoms with E-state index < -0.39 is 6.04 Å². The predicted octanol–water partition coefficient (Wildman–Crippen LogP) is -0.119. The summed E-state index contributed by atoms with van der Waals surface area (Å²) in [6.45, 7) is 2.00. The van der Waals surface area contributed by atoms with Crippen LogP contribution in [0.1, 0.15) is 23.2 Å². The molecular formula is C15H20N6O2. The minimum Gasteiger partial charge on any atom is -0.337 e. The van der Waals surface area contributed by atoms with Gasteiger partial charge >= 0.3 is 0 Å². The number of benzene rings is 1. The van der Waals surface area contributed by atoms with Gasteiger partial charge in [-0.15, -0.1) is 0 Å². The predicted molar refractivity (Wildman–Crippen MR) is 82.7 cm³/mol. The summed E-state index contributed by atoms with van der Waals surface area (Å²) in [7, 11) is 1.70. The lowest BCUT2D eigenvalue weighted by molar-refractivity contribution is -0.133. The molecule has 3 atom stereocenters. The van der Waals surface area contributed by atoms with E-state index in [2.05, 4.69) is 21.0 Å². The van der Waals surface area contributed by atoms with Crippen LogP contribution in [-0.2, 0) is 11.3 Å². The summed E-state index contributed by atoms with van der Waals surface area (Å²) < 4.78 is 5.06. The summed E-state index contributed by atoms with van der Waals surface area (Å²) in [4.78, 5) is 18.4. The Labute approximate surface area is 134 Å². The zero-order valence-electron chi connectivity index (χ0n) is 13.1. The quantitative estimate of drug-likeness (QED) is 0.721. The van der Waals surface area contributed by atoms with E-state index in [4.69, 9.17) is 10.3 Å². The average Bonchev–Trinajstić information content (AvgIpc) is 3.13. The van der Waals surface area contributed by atoms with Gasteiger partial charge in [-0.05, 0) is 12.5 Å². The Kier molecular flexibility index (Phi) is 4.37. The van der Waals surface area contributed by atoms with Gasteiger partial charge in [0.1, 0.15) is 6.04 Å². The van der Waals surface area contributed by atoms with Crippen molar-refractivity contribution in [1.29, 1.82) is 0 Å². The lowest BCUT2D eigenvalue weighted by atomic mass is 9.90. The molecule has 1 amide bonds. The maximum atomic E-state index is 12.8. The van der Waals surface area contributed by atoms with Crippen LogP contribution in [0.4, 0.5) is 0 Å². The number of hydrogen-bond acceptors (Lipinski definition) is 7. The number of rotatable bonds is 4. The monoisotopic (exact) mass is 316 g/mol. The molecule has 8 heteroatoms. The van der Waals surface area contributed by atoms with Crippen molar-refractivity contribution >= 4 is 5.91 Å². The van der Waals surface area contributed by atoms with Crippen molar-refractivity contribution in [2.75, 3.05) is 7.05 Å². The summed E-state index contributed by atoms with van der Waals surface area (Å²) in [5.41, 5.74) is 13.1. The molecule has 1 aliphatic rings. The molecule has 8 nitrogen and oxygen atoms in total. The highest BCUT2D eigenvalue weighted by Gasteiger charge is 2.40. The molecule has 1 fully saturated rings. The van der Waals surface area contributed by atoms with Crippen molar-refractivity contribution in [3.63, 3.8) is 0 Å². The number of likely N-dealkylation sites (N-methyl/N-ethyl adjacent to an activating group) is 1. The van der Waals surface area contributed by atoms with Crippen LogP contribution in [0.2, 0.25) is 0 Å². The van der Waals surface area contributed by atoms with E-state index in [9.17, 15) is 4.79 Å². The van der Waals surface area contributed by atoms with E-state index in [1.165, 1.54) is 0 Å². The topological polar surface area (TPSA) is 109 Å². The van der Waals surface area contributed by atoms with Gasteiger partial charge in [0.25, 0.3) is 0 Å². The van der Waals surface area contributed by atoms with Gasteiger partial charge < -0.3 is 15.2 Å². The number of carbonyl (C=O) groups excluding carboxylic acids is 1. The first-order valence-electron chi connectivity index (χ1n) is 7.42. The first-order chi connectivity index (χ1) is 11.1. The van der Waals surface area contributed by atoms with Crippen molar-refractivity contribution in [2.45, 2.75) is 31.6 Å². The van der Waals surface area contributed by atoms with Gasteiger partial charge in [-0.1, -0.05) is 35.5 Å². The molecule has 4 N–H and O–H groups in total. The molecule has 23 heavy (non-hydrogen) atoms. The van der Waals surface area contributed by atoms with Gasteiger partial charge in [0.2, 0.25) is 11.8 Å². The number of aromatic nitrogens is 2. The number of carbonyl (C=O) groups is 1. The lowest BCUT2D eigenvalue weighted by Crippen LogP contribution is -2.45. The molecule has 2 aromatic rings. The summed E-state index contributed by atoms with van der Waals surface area (Å²) in [5.74, 6) is 0.710. The van der Waals surface area contributed by atoms with Gasteiger partial charge in [-0.25, -0.2) is 10.9 Å². The Hall–Kier alpha value is -2.29. The smallest absolute Gasteiger partial charge is 0.246 e. The number of hydrazine groups is 1. The van der Waals surface area contributed by atoms with Crippen LogP contribution in [0.15, 0.2) is 34.9 Å².